The van der Waals surface area contributed by atoms with E-state index in [2.05, 4.69) is 68.6 Å². The molecule has 0 amide bonds. The third-order valence-electron chi connectivity index (χ3n) is 3.96. The molecule has 0 aromatic heterocycles. The van der Waals surface area contributed by atoms with Gasteiger partial charge in [0.05, 0.1) is 18.8 Å². The molecule has 114 valence electrons. The van der Waals surface area contributed by atoms with Gasteiger partial charge in [-0.3, -0.25) is 0 Å². The molecular formula is C19H27NO. The Labute approximate surface area is 128 Å². The van der Waals surface area contributed by atoms with Gasteiger partial charge in [-0.05, 0) is 42.6 Å². The summed E-state index contributed by atoms with van der Waals surface area (Å²) in [6.45, 7) is 8.24. The summed E-state index contributed by atoms with van der Waals surface area (Å²) in [5.41, 5.74) is 1.34. The minimum atomic E-state index is 0.255. The van der Waals surface area contributed by atoms with Crippen LogP contribution in [0.4, 0.5) is 0 Å². The molecule has 0 spiro atoms. The molecule has 2 atom stereocenters. The van der Waals surface area contributed by atoms with Crippen LogP contribution in [0.25, 0.3) is 10.8 Å². The van der Waals surface area contributed by atoms with Crippen molar-refractivity contribution in [1.82, 2.24) is 5.32 Å². The fourth-order valence-corrected chi connectivity index (χ4v) is 2.51. The predicted molar refractivity (Wildman–Crippen MR) is 90.7 cm³/mol. The normalized spacial score (nSPS) is 14.2. The Morgan fingerprint density at radius 1 is 1.05 bits per heavy atom. The van der Waals surface area contributed by atoms with Gasteiger partial charge in [-0.15, -0.1) is 0 Å². The lowest BCUT2D eigenvalue weighted by molar-refractivity contribution is 0.0476. The van der Waals surface area contributed by atoms with Gasteiger partial charge < -0.3 is 10.1 Å². The zero-order valence-electron chi connectivity index (χ0n) is 13.4. The number of benzene rings is 2. The van der Waals surface area contributed by atoms with Crippen LogP contribution >= 0.6 is 0 Å². The Hall–Kier alpha value is -1.38. The SMILES string of the molecule is CCCNC(COC(C)CC)c1cccc2ccccc12. The Morgan fingerprint density at radius 3 is 2.57 bits per heavy atom. The molecule has 0 saturated heterocycles. The Morgan fingerprint density at radius 2 is 1.81 bits per heavy atom. The van der Waals surface area contributed by atoms with Gasteiger partial charge >= 0.3 is 0 Å². The summed E-state index contributed by atoms with van der Waals surface area (Å²) < 4.78 is 5.99. The molecule has 2 aromatic carbocycles. The van der Waals surface area contributed by atoms with Crippen LogP contribution in [-0.4, -0.2) is 19.3 Å². The molecule has 0 fully saturated rings. The van der Waals surface area contributed by atoms with E-state index >= 15 is 0 Å². The van der Waals surface area contributed by atoms with Crippen molar-refractivity contribution in [2.24, 2.45) is 0 Å². The lowest BCUT2D eigenvalue weighted by Crippen LogP contribution is -2.28. The first-order chi connectivity index (χ1) is 10.3. The summed E-state index contributed by atoms with van der Waals surface area (Å²) in [4.78, 5) is 0. The third-order valence-corrected chi connectivity index (χ3v) is 3.96. The highest BCUT2D eigenvalue weighted by molar-refractivity contribution is 5.86. The highest BCUT2D eigenvalue weighted by Crippen LogP contribution is 2.25. The van der Waals surface area contributed by atoms with Gasteiger partial charge in [-0.25, -0.2) is 0 Å². The summed E-state index contributed by atoms with van der Waals surface area (Å²) in [6, 6.07) is 15.4. The summed E-state index contributed by atoms with van der Waals surface area (Å²) in [5, 5.41) is 6.25. The molecule has 21 heavy (non-hydrogen) atoms. The van der Waals surface area contributed by atoms with Crippen LogP contribution in [0, 0.1) is 0 Å². The molecule has 1 N–H and O–H groups in total. The van der Waals surface area contributed by atoms with E-state index in [0.717, 1.165) is 26.0 Å². The lowest BCUT2D eigenvalue weighted by Gasteiger charge is -2.22. The van der Waals surface area contributed by atoms with Gasteiger partial charge in [0.2, 0.25) is 0 Å². The average molecular weight is 285 g/mol. The number of rotatable bonds is 8. The van der Waals surface area contributed by atoms with E-state index in [1.807, 2.05) is 0 Å². The number of hydrogen-bond donors (Lipinski definition) is 1. The summed E-state index contributed by atoms with van der Waals surface area (Å²) in [7, 11) is 0. The molecule has 0 bridgehead atoms. The third kappa shape index (κ3) is 4.29. The Bertz CT molecular complexity index is 547. The van der Waals surface area contributed by atoms with Crippen LogP contribution in [0.5, 0.6) is 0 Å². The molecule has 2 unspecified atom stereocenters. The fraction of sp³-hybridized carbons (Fsp3) is 0.474. The molecule has 2 heteroatoms. The van der Waals surface area contributed by atoms with Gasteiger partial charge in [0, 0.05) is 0 Å². The molecule has 2 aromatic rings. The van der Waals surface area contributed by atoms with E-state index in [1.165, 1.54) is 16.3 Å². The fourth-order valence-electron chi connectivity index (χ4n) is 2.51. The van der Waals surface area contributed by atoms with Crippen LogP contribution in [0.3, 0.4) is 0 Å². The van der Waals surface area contributed by atoms with Crippen LogP contribution in [0.2, 0.25) is 0 Å². The second kappa shape index (κ2) is 8.16. The van der Waals surface area contributed by atoms with Crippen molar-refractivity contribution in [3.8, 4) is 0 Å². The van der Waals surface area contributed by atoms with Gasteiger partial charge in [-0.2, -0.15) is 0 Å². The van der Waals surface area contributed by atoms with Crippen molar-refractivity contribution in [2.75, 3.05) is 13.2 Å². The molecule has 0 saturated carbocycles. The zero-order valence-corrected chi connectivity index (χ0v) is 13.4. The van der Waals surface area contributed by atoms with E-state index in [-0.39, 0.29) is 6.04 Å². The van der Waals surface area contributed by atoms with Crippen molar-refractivity contribution >= 4 is 10.8 Å². The zero-order chi connectivity index (χ0) is 15.1. The van der Waals surface area contributed by atoms with E-state index < -0.39 is 0 Å². The smallest absolute Gasteiger partial charge is 0.0665 e. The molecule has 2 nitrogen and oxygen atoms in total. The maximum Gasteiger partial charge on any atom is 0.0665 e. The van der Waals surface area contributed by atoms with E-state index in [1.54, 1.807) is 0 Å². The van der Waals surface area contributed by atoms with Crippen LogP contribution in [-0.2, 0) is 4.74 Å². The molecule has 2 rings (SSSR count). The first-order valence-corrected chi connectivity index (χ1v) is 8.08. The van der Waals surface area contributed by atoms with Crippen LogP contribution < -0.4 is 5.32 Å². The summed E-state index contributed by atoms with van der Waals surface area (Å²) in [6.07, 6.45) is 2.49. The predicted octanol–water partition coefficient (Wildman–Crippen LogP) is 4.70. The van der Waals surface area contributed by atoms with Crippen molar-refractivity contribution in [2.45, 2.75) is 45.8 Å². The molecule has 0 aliphatic heterocycles. The van der Waals surface area contributed by atoms with E-state index in [0.29, 0.717) is 6.10 Å². The second-order valence-corrected chi connectivity index (χ2v) is 5.63. The van der Waals surface area contributed by atoms with Crippen molar-refractivity contribution in [3.63, 3.8) is 0 Å². The molecule has 0 radical (unpaired) electrons. The van der Waals surface area contributed by atoms with Gasteiger partial charge in [0.25, 0.3) is 0 Å². The standard InChI is InChI=1S/C19H27NO/c1-4-13-20-19(14-21-15(3)5-2)18-12-8-10-16-9-6-7-11-17(16)18/h6-12,15,19-20H,4-5,13-14H2,1-3H3. The van der Waals surface area contributed by atoms with Crippen molar-refractivity contribution < 1.29 is 4.74 Å². The first-order valence-electron chi connectivity index (χ1n) is 8.08. The largest absolute Gasteiger partial charge is 0.377 e. The maximum absolute atomic E-state index is 5.99. The second-order valence-electron chi connectivity index (χ2n) is 5.63. The number of hydrogen-bond acceptors (Lipinski definition) is 2. The van der Waals surface area contributed by atoms with E-state index in [9.17, 15) is 0 Å². The molecule has 0 aliphatic carbocycles. The van der Waals surface area contributed by atoms with Crippen molar-refractivity contribution in [1.29, 1.82) is 0 Å². The first kappa shape index (κ1) is 16.0. The molecular weight excluding hydrogens is 258 g/mol. The van der Waals surface area contributed by atoms with Gasteiger partial charge in [-0.1, -0.05) is 56.3 Å². The number of nitrogens with one attached hydrogen (secondary N) is 1. The van der Waals surface area contributed by atoms with E-state index in [4.69, 9.17) is 4.74 Å². The molecule has 0 aliphatic rings. The highest BCUT2D eigenvalue weighted by atomic mass is 16.5. The van der Waals surface area contributed by atoms with Crippen LogP contribution in [0.1, 0.15) is 45.2 Å². The quantitative estimate of drug-likeness (QED) is 0.759. The summed E-state index contributed by atoms with van der Waals surface area (Å²) >= 11 is 0. The van der Waals surface area contributed by atoms with Crippen molar-refractivity contribution in [3.05, 3.63) is 48.0 Å². The van der Waals surface area contributed by atoms with Gasteiger partial charge in [0.1, 0.15) is 0 Å². The Balaban J connectivity index is 2.25. The average Bonchev–Trinajstić information content (AvgIpc) is 2.54. The maximum atomic E-state index is 5.99. The minimum absolute atomic E-state index is 0.255. The summed E-state index contributed by atoms with van der Waals surface area (Å²) in [5.74, 6) is 0. The highest BCUT2D eigenvalue weighted by Gasteiger charge is 2.15. The lowest BCUT2D eigenvalue weighted by atomic mass is 9.99. The Kier molecular flexibility index (Phi) is 6.21. The van der Waals surface area contributed by atoms with Gasteiger partial charge in [0.15, 0.2) is 0 Å². The molecule has 0 heterocycles. The van der Waals surface area contributed by atoms with Crippen LogP contribution in [0.15, 0.2) is 42.5 Å². The number of ether oxygens (including phenoxy) is 1. The monoisotopic (exact) mass is 285 g/mol. The minimum Gasteiger partial charge on any atom is -0.377 e. The number of fused-ring (bicyclic) bond motifs is 1. The topological polar surface area (TPSA) is 21.3 Å².